The summed E-state index contributed by atoms with van der Waals surface area (Å²) in [6.07, 6.45) is 0.964. The van der Waals surface area contributed by atoms with Gasteiger partial charge in [-0.1, -0.05) is 0 Å². The van der Waals surface area contributed by atoms with Crippen LogP contribution in [0.3, 0.4) is 0 Å². The molecule has 0 aliphatic heterocycles. The van der Waals surface area contributed by atoms with Crippen molar-refractivity contribution in [1.82, 2.24) is 0 Å². The van der Waals surface area contributed by atoms with E-state index in [9.17, 15) is 0 Å². The zero-order valence-corrected chi connectivity index (χ0v) is 5.86. The number of rotatable bonds is 2. The Morgan fingerprint density at radius 2 is 2.00 bits per heavy atom. The SMILES string of the molecule is CCC(C)(C)[O][Cu]. The van der Waals surface area contributed by atoms with Crippen LogP contribution in [0.4, 0.5) is 0 Å². The summed E-state index contributed by atoms with van der Waals surface area (Å²) in [5.74, 6) is 0. The van der Waals surface area contributed by atoms with E-state index in [2.05, 4.69) is 20.2 Å². The van der Waals surface area contributed by atoms with Gasteiger partial charge in [-0.3, -0.25) is 0 Å². The molecule has 2 heteroatoms. The summed E-state index contributed by atoms with van der Waals surface area (Å²) in [5.41, 5.74) is -0.111. The fraction of sp³-hybridized carbons (Fsp3) is 1.00. The van der Waals surface area contributed by atoms with Crippen LogP contribution in [0.2, 0.25) is 0 Å². The predicted octanol–water partition coefficient (Wildman–Crippen LogP) is 1.65. The second-order valence-electron chi connectivity index (χ2n) is 2.17. The molecule has 0 heterocycles. The molecule has 0 bridgehead atoms. The molecule has 0 spiro atoms. The molecule has 0 aromatic rings. The van der Waals surface area contributed by atoms with Crippen molar-refractivity contribution in [2.45, 2.75) is 32.8 Å². The molecule has 0 saturated heterocycles. The van der Waals surface area contributed by atoms with Gasteiger partial charge in [-0.15, -0.1) is 0 Å². The van der Waals surface area contributed by atoms with Crippen LogP contribution in [-0.4, -0.2) is 5.60 Å². The van der Waals surface area contributed by atoms with E-state index < -0.39 is 0 Å². The van der Waals surface area contributed by atoms with Crippen molar-refractivity contribution in [3.8, 4) is 0 Å². The molecule has 0 aliphatic carbocycles. The van der Waals surface area contributed by atoms with Gasteiger partial charge in [-0.25, -0.2) is 0 Å². The van der Waals surface area contributed by atoms with Gasteiger partial charge in [0.2, 0.25) is 0 Å². The summed E-state index contributed by atoms with van der Waals surface area (Å²) < 4.78 is 4.65. The molecule has 0 fully saturated rings. The van der Waals surface area contributed by atoms with Crippen molar-refractivity contribution < 1.29 is 20.2 Å². The molecule has 0 saturated carbocycles. The van der Waals surface area contributed by atoms with E-state index >= 15 is 0 Å². The Morgan fingerprint density at radius 1 is 1.57 bits per heavy atom. The molecular formula is C5H11CuO. The molecular weight excluding hydrogens is 140 g/mol. The van der Waals surface area contributed by atoms with Gasteiger partial charge in [0.25, 0.3) is 0 Å². The van der Waals surface area contributed by atoms with Crippen LogP contribution in [-0.2, 0) is 20.2 Å². The minimum absolute atomic E-state index is 0.111. The Balaban J connectivity index is 3.36. The van der Waals surface area contributed by atoms with Gasteiger partial charge in [0.05, 0.1) is 0 Å². The monoisotopic (exact) mass is 150 g/mol. The van der Waals surface area contributed by atoms with E-state index in [1.54, 1.807) is 0 Å². The van der Waals surface area contributed by atoms with E-state index in [0.717, 1.165) is 6.42 Å². The molecule has 0 aliphatic rings. The molecule has 0 N–H and O–H groups in total. The standard InChI is InChI=1S/C5H11O.Cu/c1-4-5(2,3)6;/h4H2,1-3H3;/q-1;+1. The summed E-state index contributed by atoms with van der Waals surface area (Å²) in [5, 5.41) is 0. The van der Waals surface area contributed by atoms with Crippen molar-refractivity contribution in [3.63, 3.8) is 0 Å². The first kappa shape index (κ1) is 7.48. The third-order valence-electron chi connectivity index (χ3n) is 1.02. The molecule has 48 valence electrons. The summed E-state index contributed by atoms with van der Waals surface area (Å²) in [4.78, 5) is 0. The molecule has 0 radical (unpaired) electrons. The number of hydrogen-bond acceptors (Lipinski definition) is 1. The molecule has 0 amide bonds. The topological polar surface area (TPSA) is 9.23 Å². The normalized spacial score (nSPS) is 12.1. The van der Waals surface area contributed by atoms with E-state index in [0.29, 0.717) is 0 Å². The second kappa shape index (κ2) is 2.71. The Hall–Kier alpha value is 0.479. The van der Waals surface area contributed by atoms with Crippen LogP contribution >= 0.6 is 0 Å². The Morgan fingerprint density at radius 3 is 2.00 bits per heavy atom. The van der Waals surface area contributed by atoms with Crippen LogP contribution in [0.5, 0.6) is 0 Å². The quantitative estimate of drug-likeness (QED) is 0.544. The van der Waals surface area contributed by atoms with Crippen molar-refractivity contribution in [3.05, 3.63) is 0 Å². The fourth-order valence-corrected chi connectivity index (χ4v) is 0.179. The van der Waals surface area contributed by atoms with Gasteiger partial charge in [0.15, 0.2) is 0 Å². The molecule has 1 nitrogen and oxygen atoms in total. The van der Waals surface area contributed by atoms with Gasteiger partial charge >= 0.3 is 53.0 Å². The maximum absolute atomic E-state index is 4.65. The molecule has 0 unspecified atom stereocenters. The van der Waals surface area contributed by atoms with Gasteiger partial charge in [-0.2, -0.15) is 0 Å². The first-order chi connectivity index (χ1) is 3.12. The summed E-state index contributed by atoms with van der Waals surface area (Å²) >= 11 is 4.52. The Labute approximate surface area is 53.6 Å². The van der Waals surface area contributed by atoms with Crippen molar-refractivity contribution >= 4 is 0 Å². The van der Waals surface area contributed by atoms with Gasteiger partial charge < -0.3 is 0 Å². The Kier molecular flexibility index (Phi) is 2.89. The Bertz CT molecular complexity index is 46.0. The summed E-state index contributed by atoms with van der Waals surface area (Å²) in [6, 6.07) is 0. The van der Waals surface area contributed by atoms with Crippen LogP contribution in [0.15, 0.2) is 0 Å². The maximum atomic E-state index is 4.65. The first-order valence-electron chi connectivity index (χ1n) is 2.39. The first-order valence-corrected chi connectivity index (χ1v) is 2.77. The van der Waals surface area contributed by atoms with Crippen molar-refractivity contribution in [2.24, 2.45) is 0 Å². The summed E-state index contributed by atoms with van der Waals surface area (Å²) in [7, 11) is 0. The van der Waals surface area contributed by atoms with Gasteiger partial charge in [0.1, 0.15) is 0 Å². The van der Waals surface area contributed by atoms with Crippen LogP contribution in [0.1, 0.15) is 27.2 Å². The molecule has 0 aromatic heterocycles. The van der Waals surface area contributed by atoms with Crippen molar-refractivity contribution in [2.75, 3.05) is 0 Å². The second-order valence-corrected chi connectivity index (χ2v) is 2.37. The number of hydrogen-bond donors (Lipinski definition) is 0. The van der Waals surface area contributed by atoms with Crippen molar-refractivity contribution in [1.29, 1.82) is 0 Å². The van der Waals surface area contributed by atoms with E-state index in [4.69, 9.17) is 0 Å². The molecule has 7 heavy (non-hydrogen) atoms. The zero-order chi connectivity index (χ0) is 5.91. The third-order valence-corrected chi connectivity index (χ3v) is 1.54. The van der Waals surface area contributed by atoms with E-state index in [1.165, 1.54) is 0 Å². The molecule has 0 aromatic carbocycles. The third kappa shape index (κ3) is 3.10. The van der Waals surface area contributed by atoms with Crippen LogP contribution < -0.4 is 0 Å². The predicted molar refractivity (Wildman–Crippen MR) is 25.5 cm³/mol. The van der Waals surface area contributed by atoms with Gasteiger partial charge in [0, 0.05) is 0 Å². The molecule has 0 atom stereocenters. The molecule has 0 rings (SSSR count). The zero-order valence-electron chi connectivity index (χ0n) is 4.92. The van der Waals surface area contributed by atoms with Crippen LogP contribution in [0, 0.1) is 0 Å². The van der Waals surface area contributed by atoms with E-state index in [1.807, 2.05) is 20.8 Å². The van der Waals surface area contributed by atoms with Gasteiger partial charge in [-0.05, 0) is 0 Å². The summed E-state index contributed by atoms with van der Waals surface area (Å²) in [6.45, 7) is 5.98. The minimum atomic E-state index is -0.111. The average molecular weight is 151 g/mol. The van der Waals surface area contributed by atoms with E-state index in [-0.39, 0.29) is 5.60 Å². The van der Waals surface area contributed by atoms with Crippen LogP contribution in [0.25, 0.3) is 0 Å². The average Bonchev–Trinajstić information content (AvgIpc) is 1.68. The fourth-order valence-electron chi connectivity index (χ4n) is 0.0435.